The fourth-order valence-electron chi connectivity index (χ4n) is 16.4. The third kappa shape index (κ3) is 47.4. The van der Waals surface area contributed by atoms with Gasteiger partial charge < -0.3 is 90.0 Å². The van der Waals surface area contributed by atoms with Crippen LogP contribution in [0.5, 0.6) is 0 Å². The lowest BCUT2D eigenvalue weighted by Gasteiger charge is -2.32. The number of likely N-dealkylation sites (N-methyl/N-ethyl adjacent to an activating group) is 1. The van der Waals surface area contributed by atoms with Crippen molar-refractivity contribution in [1.29, 1.82) is 0 Å². The Morgan fingerprint density at radius 3 is 0.684 bits per heavy atom. The molecule has 0 spiro atoms. The maximum absolute atomic E-state index is 15.4. The van der Waals surface area contributed by atoms with E-state index >= 15 is 19.2 Å². The Morgan fingerprint density at radius 1 is 0.256 bits per heavy atom. The number of nitrogens with zero attached hydrogens (tertiary/aromatic N) is 6. The molecule has 0 aromatic heterocycles. The molecular weight excluding hydrogens is 1680 g/mol. The van der Waals surface area contributed by atoms with E-state index in [0.29, 0.717) is 148 Å². The average Bonchev–Trinajstić information content (AvgIpc) is 0.862. The van der Waals surface area contributed by atoms with Crippen LogP contribution in [0.1, 0.15) is 195 Å². The van der Waals surface area contributed by atoms with Crippen LogP contribution >= 0.6 is 0 Å². The Bertz CT molecular complexity index is 4350. The largest absolute Gasteiger partial charge is 0.350 e. The molecule has 0 unspecified atom stereocenters. The molecule has 29 heteroatoms. The number of ketones is 1. The number of Topliss-reactive ketones (excluding diaryl/α,β-unsaturated/α-hetero) is 1. The SMILES string of the molecule is CN[C@@H](CCCCN)CN(CC(=O)N[C@@H](CCCCN)CN(CC(=O)N[C@@H](CCCCN)CN(CC(=O)N[C@@H](Cc1ccccc1)CN(CC(=O)N[C@@H](CCCCN)CN(CC(=O)N[C@@H](CCCCN)CN(CC(C)=O)C(=O)CCc1ccccc1)C(=O)CCc1ccccc1)C(=O)CCC(C)C)C(=O)CCc1ccccc1)C(=O)CCc1ccccc1)C(=O)CCc1ccccc1. The van der Waals surface area contributed by atoms with E-state index in [2.05, 4.69) is 31.9 Å². The summed E-state index contributed by atoms with van der Waals surface area (Å²) in [4.78, 5) is 185. The van der Waals surface area contributed by atoms with Crippen LogP contribution in [0.4, 0.5) is 0 Å². The van der Waals surface area contributed by atoms with E-state index in [4.69, 9.17) is 28.7 Å². The summed E-state index contributed by atoms with van der Waals surface area (Å²) in [5.74, 6) is -4.73. The minimum atomic E-state index is -0.868. The molecular formula is C104H155N17O12. The minimum absolute atomic E-state index is 0.0146. The summed E-state index contributed by atoms with van der Waals surface area (Å²) in [6.07, 6.45) is 11.3. The highest BCUT2D eigenvalue weighted by Crippen LogP contribution is 2.19. The lowest BCUT2D eigenvalue weighted by Crippen LogP contribution is -2.55. The van der Waals surface area contributed by atoms with Crippen LogP contribution in [0, 0.1) is 5.92 Å². The number of rotatable bonds is 70. The van der Waals surface area contributed by atoms with Gasteiger partial charge in [-0.25, -0.2) is 0 Å². The molecule has 6 aromatic rings. The summed E-state index contributed by atoms with van der Waals surface area (Å²) in [6.45, 7) is 4.87. The highest BCUT2D eigenvalue weighted by atomic mass is 16.2. The minimum Gasteiger partial charge on any atom is -0.350 e. The molecule has 6 atom stereocenters. The molecule has 0 saturated heterocycles. The van der Waals surface area contributed by atoms with E-state index in [0.717, 1.165) is 52.6 Å². The van der Waals surface area contributed by atoms with Crippen LogP contribution < -0.4 is 60.6 Å². The number of carbonyl (C=O) groups excluding carboxylic acids is 12. The van der Waals surface area contributed by atoms with Gasteiger partial charge in [-0.15, -0.1) is 0 Å². The molecule has 0 heterocycles. The zero-order valence-electron chi connectivity index (χ0n) is 79.7. The van der Waals surface area contributed by atoms with Gasteiger partial charge in [-0.2, -0.15) is 0 Å². The Morgan fingerprint density at radius 2 is 0.459 bits per heavy atom. The van der Waals surface area contributed by atoms with Crippen molar-refractivity contribution in [3.05, 3.63) is 215 Å². The number of benzene rings is 6. The Kier molecular flexibility index (Phi) is 54.5. The van der Waals surface area contributed by atoms with Crippen molar-refractivity contribution in [2.45, 2.75) is 237 Å². The molecule has 6 rings (SSSR count). The van der Waals surface area contributed by atoms with Crippen molar-refractivity contribution in [3.63, 3.8) is 0 Å². The van der Waals surface area contributed by atoms with Crippen molar-refractivity contribution in [2.24, 2.45) is 34.6 Å². The van der Waals surface area contributed by atoms with Crippen LogP contribution in [0.2, 0.25) is 0 Å². The van der Waals surface area contributed by atoms with Gasteiger partial charge in [0.2, 0.25) is 65.0 Å². The first-order valence-electron chi connectivity index (χ1n) is 48.4. The first-order chi connectivity index (χ1) is 64.3. The zero-order valence-corrected chi connectivity index (χ0v) is 79.7. The van der Waals surface area contributed by atoms with Crippen LogP contribution in [0.15, 0.2) is 182 Å². The summed E-state index contributed by atoms with van der Waals surface area (Å²) >= 11 is 0. The molecule has 6 aromatic carbocycles. The van der Waals surface area contributed by atoms with Crippen LogP contribution in [-0.2, 0) is 96.1 Å². The van der Waals surface area contributed by atoms with Crippen molar-refractivity contribution in [3.8, 4) is 0 Å². The summed E-state index contributed by atoms with van der Waals surface area (Å²) in [6, 6.07) is 53.1. The van der Waals surface area contributed by atoms with Gasteiger partial charge in [-0.1, -0.05) is 228 Å². The van der Waals surface area contributed by atoms with Gasteiger partial charge >= 0.3 is 0 Å². The summed E-state index contributed by atoms with van der Waals surface area (Å²) in [7, 11) is 1.83. The quantitative estimate of drug-likeness (QED) is 0.0161. The molecule has 0 saturated carbocycles. The highest BCUT2D eigenvalue weighted by Gasteiger charge is 2.33. The van der Waals surface area contributed by atoms with Crippen molar-refractivity contribution >= 4 is 70.8 Å². The van der Waals surface area contributed by atoms with Gasteiger partial charge in [0.05, 0.1) is 45.3 Å². The summed E-state index contributed by atoms with van der Waals surface area (Å²) in [5, 5.41) is 19.1. The molecule has 29 nitrogen and oxygen atoms in total. The van der Waals surface area contributed by atoms with E-state index < -0.39 is 91.8 Å². The Labute approximate surface area is 790 Å². The van der Waals surface area contributed by atoms with Gasteiger partial charge in [-0.3, -0.25) is 57.5 Å². The normalized spacial score (nSPS) is 12.5. The maximum atomic E-state index is 15.4. The molecule has 0 bridgehead atoms. The molecule has 11 amide bonds. The second-order valence-electron chi connectivity index (χ2n) is 35.6. The molecule has 0 aliphatic carbocycles. The topological polar surface area (TPSA) is 427 Å². The zero-order chi connectivity index (χ0) is 96.2. The van der Waals surface area contributed by atoms with Gasteiger partial charge in [0.15, 0.2) is 0 Å². The number of nitrogens with two attached hydrogens (primary N) is 5. The predicted octanol–water partition coefficient (Wildman–Crippen LogP) is 8.05. The first kappa shape index (κ1) is 111. The number of hydrogen-bond donors (Lipinski definition) is 11. The lowest BCUT2D eigenvalue weighted by molar-refractivity contribution is -0.139. The third-order valence-corrected chi connectivity index (χ3v) is 23.7. The second kappa shape index (κ2) is 65.5. The standard InChI is InChI=1S/C104H155N17O12/c1-80(2)50-56-99(128)121(78-97(126)114-91(48-26-31-65-108)72-118(102(131)59-53-84-37-15-7-16-38-84)76-95(124)111-89(46-24-29-63-106)70-116(68-81(3)122)100(129)57-51-82-33-11-5-12-34-82)74-93(67-87-43-21-10-22-44-87)115-98(127)79-120(104(133)61-55-86-41-19-9-20-42-86)73-92(49-27-32-66-109)113-96(125)77-119(103(132)60-54-85-39-17-8-18-40-85)71-90(47-25-30-64-107)112-94(123)75-117(69-88(110-4)45-23-28-62-105)101(130)58-52-83-35-13-6-14-36-83/h5-22,33-44,80,88-93,110H,23-32,45-79,105-109H2,1-4H3,(H,111,124)(H,112,123)(H,113,125)(H,114,126)(H,115,127)/t88-,89-,90-,91-,92-,93-/m0/s1. The van der Waals surface area contributed by atoms with E-state index in [-0.39, 0.29) is 145 Å². The Hall–Kier alpha value is -11.1. The average molecular weight is 1840 g/mol. The maximum Gasteiger partial charge on any atom is 0.239 e. The van der Waals surface area contributed by atoms with E-state index in [1.165, 1.54) is 31.4 Å². The predicted molar refractivity (Wildman–Crippen MR) is 525 cm³/mol. The molecule has 0 fully saturated rings. The van der Waals surface area contributed by atoms with Crippen LogP contribution in [-0.4, -0.2) is 255 Å². The molecule has 133 heavy (non-hydrogen) atoms. The number of hydrogen-bond acceptors (Lipinski definition) is 18. The number of aryl methyl sites for hydroxylation is 5. The number of amides is 11. The third-order valence-electron chi connectivity index (χ3n) is 23.7. The van der Waals surface area contributed by atoms with E-state index in [1.54, 1.807) is 4.90 Å². The van der Waals surface area contributed by atoms with E-state index in [9.17, 15) is 38.4 Å². The molecule has 0 radical (unpaired) electrons. The molecule has 728 valence electrons. The second-order valence-corrected chi connectivity index (χ2v) is 35.6. The monoisotopic (exact) mass is 1830 g/mol. The molecule has 0 aliphatic heterocycles. The highest BCUT2D eigenvalue weighted by molar-refractivity contribution is 5.90. The Balaban J connectivity index is 1.30. The lowest BCUT2D eigenvalue weighted by atomic mass is 10.0. The number of unbranched alkanes of at least 4 members (excludes halogenated alkanes) is 5. The number of carbonyl (C=O) groups is 12. The van der Waals surface area contributed by atoms with Crippen molar-refractivity contribution < 1.29 is 57.5 Å². The first-order valence-corrected chi connectivity index (χ1v) is 48.4. The van der Waals surface area contributed by atoms with Gasteiger partial charge in [-0.05, 0) is 195 Å². The number of nitrogens with one attached hydrogen (secondary N) is 6. The van der Waals surface area contributed by atoms with Crippen LogP contribution in [0.3, 0.4) is 0 Å². The van der Waals surface area contributed by atoms with E-state index in [1.807, 2.05) is 203 Å². The van der Waals surface area contributed by atoms with Crippen molar-refractivity contribution in [1.82, 2.24) is 61.3 Å². The fourth-order valence-corrected chi connectivity index (χ4v) is 16.4. The summed E-state index contributed by atoms with van der Waals surface area (Å²) in [5.41, 5.74) is 35.5. The van der Waals surface area contributed by atoms with Crippen LogP contribution in [0.25, 0.3) is 0 Å². The molecule has 0 aliphatic rings. The molecule has 16 N–H and O–H groups in total. The van der Waals surface area contributed by atoms with Gasteiger partial charge in [0, 0.05) is 108 Å². The summed E-state index contributed by atoms with van der Waals surface area (Å²) < 4.78 is 0. The fraction of sp³-hybridized carbons (Fsp3) is 0.538. The van der Waals surface area contributed by atoms with Crippen molar-refractivity contribution in [2.75, 3.05) is 118 Å². The smallest absolute Gasteiger partial charge is 0.239 e. The van der Waals surface area contributed by atoms with Gasteiger partial charge in [0.25, 0.3) is 0 Å². The van der Waals surface area contributed by atoms with Gasteiger partial charge in [0.1, 0.15) is 5.78 Å².